The summed E-state index contributed by atoms with van der Waals surface area (Å²) in [5.74, 6) is 4.54. The van der Waals surface area contributed by atoms with Gasteiger partial charge < -0.3 is 0 Å². The zero-order valence-corrected chi connectivity index (χ0v) is 8.78. The third-order valence-electron chi connectivity index (χ3n) is 2.06. The lowest BCUT2D eigenvalue weighted by atomic mass is 9.99. The number of nitrogen functional groups attached to an aromatic ring is 1. The maximum atomic E-state index is 11.6. The Morgan fingerprint density at radius 3 is 2.40 bits per heavy atom. The molecule has 1 amide bonds. The van der Waals surface area contributed by atoms with Gasteiger partial charge in [-0.3, -0.25) is 15.0 Å². The molecule has 0 bridgehead atoms. The first-order chi connectivity index (χ1) is 7.06. The first kappa shape index (κ1) is 11.4. The van der Waals surface area contributed by atoms with E-state index in [4.69, 9.17) is 5.84 Å². The predicted octanol–water partition coefficient (Wildman–Crippen LogP) is 1.13. The van der Waals surface area contributed by atoms with Gasteiger partial charge in [-0.05, 0) is 12.1 Å². The molecule has 0 fully saturated rings. The SMILES string of the molecule is CC(C)C(=O)c1cccc(C(=O)NN)c1. The third-order valence-corrected chi connectivity index (χ3v) is 2.06. The van der Waals surface area contributed by atoms with Gasteiger partial charge in [-0.15, -0.1) is 0 Å². The Morgan fingerprint density at radius 2 is 1.87 bits per heavy atom. The van der Waals surface area contributed by atoms with Crippen LogP contribution in [0.3, 0.4) is 0 Å². The first-order valence-electron chi connectivity index (χ1n) is 4.71. The Balaban J connectivity index is 3.02. The number of rotatable bonds is 3. The molecule has 4 heteroatoms. The fourth-order valence-corrected chi connectivity index (χ4v) is 1.23. The lowest BCUT2D eigenvalue weighted by Gasteiger charge is -2.05. The molecule has 1 aromatic rings. The molecule has 0 unspecified atom stereocenters. The van der Waals surface area contributed by atoms with Gasteiger partial charge in [-0.2, -0.15) is 0 Å². The smallest absolute Gasteiger partial charge is 0.265 e. The van der Waals surface area contributed by atoms with Gasteiger partial charge in [-0.25, -0.2) is 5.84 Å². The van der Waals surface area contributed by atoms with Crippen LogP contribution in [0.25, 0.3) is 0 Å². The van der Waals surface area contributed by atoms with Gasteiger partial charge in [0.15, 0.2) is 5.78 Å². The number of hydrazine groups is 1. The molecule has 3 N–H and O–H groups in total. The summed E-state index contributed by atoms with van der Waals surface area (Å²) in [7, 11) is 0. The maximum absolute atomic E-state index is 11.6. The minimum absolute atomic E-state index is 0.0154. The van der Waals surface area contributed by atoms with Crippen molar-refractivity contribution in [1.82, 2.24) is 5.43 Å². The van der Waals surface area contributed by atoms with E-state index in [1.54, 1.807) is 24.3 Å². The molecule has 0 aromatic heterocycles. The molecule has 1 aromatic carbocycles. The summed E-state index contributed by atoms with van der Waals surface area (Å²) in [6.07, 6.45) is 0. The number of Topliss-reactive ketones (excluding diaryl/α,β-unsaturated/α-hetero) is 1. The van der Waals surface area contributed by atoms with Gasteiger partial charge in [0.2, 0.25) is 0 Å². The van der Waals surface area contributed by atoms with E-state index in [1.165, 1.54) is 0 Å². The normalized spacial score (nSPS) is 10.1. The van der Waals surface area contributed by atoms with Gasteiger partial charge in [0.05, 0.1) is 0 Å². The van der Waals surface area contributed by atoms with Crippen molar-refractivity contribution in [1.29, 1.82) is 0 Å². The number of amides is 1. The van der Waals surface area contributed by atoms with E-state index in [0.717, 1.165) is 0 Å². The molecule has 0 atom stereocenters. The summed E-state index contributed by atoms with van der Waals surface area (Å²) in [5.41, 5.74) is 2.95. The second kappa shape index (κ2) is 4.70. The molecular formula is C11H14N2O2. The molecule has 0 heterocycles. The molecule has 80 valence electrons. The Morgan fingerprint density at radius 1 is 1.27 bits per heavy atom. The standard InChI is InChI=1S/C11H14N2O2/c1-7(2)10(14)8-4-3-5-9(6-8)11(15)13-12/h3-7H,12H2,1-2H3,(H,13,15). The van der Waals surface area contributed by atoms with Crippen LogP contribution in [-0.4, -0.2) is 11.7 Å². The number of carbonyl (C=O) groups is 2. The van der Waals surface area contributed by atoms with Gasteiger partial charge in [-0.1, -0.05) is 26.0 Å². The molecule has 0 spiro atoms. The van der Waals surface area contributed by atoms with E-state index in [2.05, 4.69) is 0 Å². The molecular weight excluding hydrogens is 192 g/mol. The minimum atomic E-state index is -0.395. The van der Waals surface area contributed by atoms with Crippen LogP contribution in [-0.2, 0) is 0 Å². The number of hydrogen-bond donors (Lipinski definition) is 2. The summed E-state index contributed by atoms with van der Waals surface area (Å²) in [6, 6.07) is 6.51. The van der Waals surface area contributed by atoms with Crippen LogP contribution in [0.1, 0.15) is 34.6 Å². The number of benzene rings is 1. The molecule has 0 aliphatic rings. The summed E-state index contributed by atoms with van der Waals surface area (Å²) in [6.45, 7) is 3.63. The fraction of sp³-hybridized carbons (Fsp3) is 0.273. The van der Waals surface area contributed by atoms with Gasteiger partial charge in [0.25, 0.3) is 5.91 Å². The summed E-state index contributed by atoms with van der Waals surface area (Å²) < 4.78 is 0. The quantitative estimate of drug-likeness (QED) is 0.337. The number of nitrogens with two attached hydrogens (primary N) is 1. The molecule has 0 aliphatic carbocycles. The van der Waals surface area contributed by atoms with Crippen molar-refractivity contribution in [3.05, 3.63) is 35.4 Å². The molecule has 0 saturated carbocycles. The lowest BCUT2D eigenvalue weighted by molar-refractivity contribution is 0.0939. The number of ketones is 1. The van der Waals surface area contributed by atoms with Crippen LogP contribution >= 0.6 is 0 Å². The van der Waals surface area contributed by atoms with E-state index >= 15 is 0 Å². The highest BCUT2D eigenvalue weighted by molar-refractivity contribution is 6.01. The Kier molecular flexibility index (Phi) is 3.57. The maximum Gasteiger partial charge on any atom is 0.265 e. The zero-order valence-electron chi connectivity index (χ0n) is 8.78. The lowest BCUT2D eigenvalue weighted by Crippen LogP contribution is -2.30. The van der Waals surface area contributed by atoms with Crippen molar-refractivity contribution in [2.45, 2.75) is 13.8 Å². The monoisotopic (exact) mass is 206 g/mol. The topological polar surface area (TPSA) is 72.2 Å². The average molecular weight is 206 g/mol. The van der Waals surface area contributed by atoms with Crippen LogP contribution in [0.15, 0.2) is 24.3 Å². The van der Waals surface area contributed by atoms with E-state index in [9.17, 15) is 9.59 Å². The van der Waals surface area contributed by atoms with E-state index in [1.807, 2.05) is 19.3 Å². The Labute approximate surface area is 88.4 Å². The van der Waals surface area contributed by atoms with Crippen LogP contribution in [0.4, 0.5) is 0 Å². The summed E-state index contributed by atoms with van der Waals surface area (Å²) >= 11 is 0. The van der Waals surface area contributed by atoms with Gasteiger partial charge in [0.1, 0.15) is 0 Å². The molecule has 15 heavy (non-hydrogen) atoms. The van der Waals surface area contributed by atoms with Crippen molar-refractivity contribution in [3.63, 3.8) is 0 Å². The fourth-order valence-electron chi connectivity index (χ4n) is 1.23. The number of hydrogen-bond acceptors (Lipinski definition) is 3. The van der Waals surface area contributed by atoms with E-state index < -0.39 is 5.91 Å². The van der Waals surface area contributed by atoms with Crippen LogP contribution in [0.5, 0.6) is 0 Å². The summed E-state index contributed by atoms with van der Waals surface area (Å²) in [5, 5.41) is 0. The second-order valence-corrected chi connectivity index (χ2v) is 3.57. The van der Waals surface area contributed by atoms with Crippen molar-refractivity contribution >= 4 is 11.7 Å². The first-order valence-corrected chi connectivity index (χ1v) is 4.71. The predicted molar refractivity (Wildman–Crippen MR) is 57.3 cm³/mol. The highest BCUT2D eigenvalue weighted by Crippen LogP contribution is 2.10. The van der Waals surface area contributed by atoms with Crippen LogP contribution in [0, 0.1) is 5.92 Å². The summed E-state index contributed by atoms with van der Waals surface area (Å²) in [4.78, 5) is 22.9. The number of nitrogens with one attached hydrogen (secondary N) is 1. The van der Waals surface area contributed by atoms with Crippen molar-refractivity contribution in [3.8, 4) is 0 Å². The number of carbonyl (C=O) groups excluding carboxylic acids is 2. The highest BCUT2D eigenvalue weighted by Gasteiger charge is 2.12. The average Bonchev–Trinajstić information content (AvgIpc) is 2.27. The van der Waals surface area contributed by atoms with Crippen molar-refractivity contribution in [2.75, 3.05) is 0 Å². The molecule has 4 nitrogen and oxygen atoms in total. The molecule has 0 aliphatic heterocycles. The van der Waals surface area contributed by atoms with Crippen LogP contribution < -0.4 is 11.3 Å². The van der Waals surface area contributed by atoms with Gasteiger partial charge in [0, 0.05) is 17.0 Å². The van der Waals surface area contributed by atoms with Crippen LogP contribution in [0.2, 0.25) is 0 Å². The zero-order chi connectivity index (χ0) is 11.4. The van der Waals surface area contributed by atoms with E-state index in [0.29, 0.717) is 11.1 Å². The minimum Gasteiger partial charge on any atom is -0.294 e. The Hall–Kier alpha value is -1.68. The Bertz CT molecular complexity index is 386. The van der Waals surface area contributed by atoms with Crippen molar-refractivity contribution < 1.29 is 9.59 Å². The van der Waals surface area contributed by atoms with Gasteiger partial charge >= 0.3 is 0 Å². The molecule has 0 saturated heterocycles. The molecule has 0 radical (unpaired) electrons. The highest BCUT2D eigenvalue weighted by atomic mass is 16.2. The second-order valence-electron chi connectivity index (χ2n) is 3.57. The molecule has 1 rings (SSSR count). The van der Waals surface area contributed by atoms with Crippen molar-refractivity contribution in [2.24, 2.45) is 11.8 Å². The largest absolute Gasteiger partial charge is 0.294 e. The third kappa shape index (κ3) is 2.63. The van der Waals surface area contributed by atoms with E-state index in [-0.39, 0.29) is 11.7 Å².